The molecule has 0 spiro atoms. The zero-order valence-corrected chi connectivity index (χ0v) is 9.78. The van der Waals surface area contributed by atoms with E-state index in [0.717, 1.165) is 6.54 Å². The van der Waals surface area contributed by atoms with Crippen LogP contribution in [0.3, 0.4) is 0 Å². The molecular weight excluding hydrogens is 182 g/mol. The molecule has 0 N–H and O–H groups in total. The van der Waals surface area contributed by atoms with Crippen LogP contribution >= 0.6 is 11.9 Å². The van der Waals surface area contributed by atoms with Crippen molar-refractivity contribution in [1.82, 2.24) is 4.31 Å². The number of nitrogens with zero attached hydrogens (tertiary/aromatic N) is 1. The van der Waals surface area contributed by atoms with Crippen molar-refractivity contribution in [1.29, 1.82) is 0 Å². The highest BCUT2D eigenvalue weighted by molar-refractivity contribution is 8.11. The maximum Gasteiger partial charge on any atom is 0.200 e. The number of hydrogen-bond acceptors (Lipinski definition) is 3. The van der Waals surface area contributed by atoms with E-state index >= 15 is 0 Å². The minimum Gasteiger partial charge on any atom is -0.286 e. The standard InChI is InChI=1S/C10H19NOS/c1-8-6-5-7-11(10(8,3)4)13-9(2)12/h8H,5-7H2,1-4H3. The van der Waals surface area contributed by atoms with Crippen LogP contribution in [0.5, 0.6) is 0 Å². The first-order valence-corrected chi connectivity index (χ1v) is 5.68. The summed E-state index contributed by atoms with van der Waals surface area (Å²) in [5, 5.41) is 0.196. The Labute approximate surface area is 85.2 Å². The molecule has 1 unspecified atom stereocenters. The smallest absolute Gasteiger partial charge is 0.200 e. The van der Waals surface area contributed by atoms with Gasteiger partial charge in [0.15, 0.2) is 0 Å². The molecule has 1 fully saturated rings. The van der Waals surface area contributed by atoms with E-state index in [2.05, 4.69) is 25.1 Å². The van der Waals surface area contributed by atoms with Gasteiger partial charge >= 0.3 is 0 Å². The monoisotopic (exact) mass is 201 g/mol. The van der Waals surface area contributed by atoms with Crippen LogP contribution in [0.25, 0.3) is 0 Å². The van der Waals surface area contributed by atoms with Crippen LogP contribution in [0, 0.1) is 5.92 Å². The van der Waals surface area contributed by atoms with E-state index in [1.165, 1.54) is 24.8 Å². The minimum atomic E-state index is 0.161. The van der Waals surface area contributed by atoms with Gasteiger partial charge in [-0.25, -0.2) is 4.31 Å². The summed E-state index contributed by atoms with van der Waals surface area (Å²) in [6.07, 6.45) is 2.49. The van der Waals surface area contributed by atoms with Gasteiger partial charge in [-0.3, -0.25) is 4.79 Å². The lowest BCUT2D eigenvalue weighted by Gasteiger charge is -2.45. The number of carbonyl (C=O) groups excluding carboxylic acids is 1. The lowest BCUT2D eigenvalue weighted by Crippen LogP contribution is -2.48. The second-order valence-corrected chi connectivity index (χ2v) is 5.58. The van der Waals surface area contributed by atoms with Crippen molar-refractivity contribution in [2.75, 3.05) is 6.54 Å². The van der Waals surface area contributed by atoms with Crippen LogP contribution in [-0.2, 0) is 4.79 Å². The fraction of sp³-hybridized carbons (Fsp3) is 0.900. The molecule has 0 radical (unpaired) electrons. The summed E-state index contributed by atoms with van der Waals surface area (Å²) in [6.45, 7) is 9.41. The zero-order valence-electron chi connectivity index (χ0n) is 8.96. The molecule has 0 aromatic heterocycles. The van der Waals surface area contributed by atoms with Crippen molar-refractivity contribution in [3.8, 4) is 0 Å². The topological polar surface area (TPSA) is 20.3 Å². The Balaban J connectivity index is 2.66. The molecule has 0 bridgehead atoms. The van der Waals surface area contributed by atoms with E-state index in [1.807, 2.05) is 0 Å². The van der Waals surface area contributed by atoms with Gasteiger partial charge in [0.25, 0.3) is 0 Å². The van der Waals surface area contributed by atoms with Crippen molar-refractivity contribution in [2.45, 2.75) is 46.1 Å². The Bertz CT molecular complexity index is 203. The lowest BCUT2D eigenvalue weighted by atomic mass is 9.82. The van der Waals surface area contributed by atoms with Crippen LogP contribution in [-0.4, -0.2) is 21.5 Å². The summed E-state index contributed by atoms with van der Waals surface area (Å²) in [4.78, 5) is 11.0. The van der Waals surface area contributed by atoms with Crippen LogP contribution in [0.15, 0.2) is 0 Å². The zero-order chi connectivity index (χ0) is 10.1. The molecule has 76 valence electrons. The van der Waals surface area contributed by atoms with E-state index in [-0.39, 0.29) is 10.7 Å². The largest absolute Gasteiger partial charge is 0.286 e. The number of rotatable bonds is 1. The molecule has 0 saturated carbocycles. The maximum absolute atomic E-state index is 11.0. The molecule has 3 heteroatoms. The van der Waals surface area contributed by atoms with Crippen LogP contribution in [0.1, 0.15) is 40.5 Å². The molecule has 1 aliphatic rings. The van der Waals surface area contributed by atoms with E-state index in [0.29, 0.717) is 5.92 Å². The normalized spacial score (nSPS) is 28.8. The molecule has 0 aromatic rings. The summed E-state index contributed by atoms with van der Waals surface area (Å²) < 4.78 is 2.24. The summed E-state index contributed by atoms with van der Waals surface area (Å²) in [6, 6.07) is 0. The first-order valence-electron chi connectivity index (χ1n) is 4.90. The Morgan fingerprint density at radius 1 is 1.54 bits per heavy atom. The minimum absolute atomic E-state index is 0.161. The Kier molecular flexibility index (Phi) is 3.41. The predicted molar refractivity (Wildman–Crippen MR) is 57.5 cm³/mol. The van der Waals surface area contributed by atoms with Crippen LogP contribution in [0.2, 0.25) is 0 Å². The SMILES string of the molecule is CC(=O)SN1CCCC(C)C1(C)C. The average Bonchev–Trinajstić information content (AvgIpc) is 1.99. The summed E-state index contributed by atoms with van der Waals surface area (Å²) in [7, 11) is 0. The first kappa shape index (κ1) is 11.1. The Morgan fingerprint density at radius 2 is 2.15 bits per heavy atom. The van der Waals surface area contributed by atoms with Gasteiger partial charge in [0.05, 0.1) is 0 Å². The third-order valence-electron chi connectivity index (χ3n) is 3.09. The molecule has 1 rings (SSSR count). The molecule has 0 amide bonds. The van der Waals surface area contributed by atoms with Gasteiger partial charge in [0, 0.05) is 19.0 Å². The highest BCUT2D eigenvalue weighted by Crippen LogP contribution is 2.37. The molecule has 1 atom stereocenters. The number of piperidine rings is 1. The second kappa shape index (κ2) is 4.01. The van der Waals surface area contributed by atoms with E-state index in [1.54, 1.807) is 6.92 Å². The van der Waals surface area contributed by atoms with Gasteiger partial charge in [-0.15, -0.1) is 0 Å². The van der Waals surface area contributed by atoms with Gasteiger partial charge in [0.1, 0.15) is 0 Å². The first-order chi connectivity index (χ1) is 5.94. The van der Waals surface area contributed by atoms with Gasteiger partial charge in [-0.05, 0) is 44.6 Å². The fourth-order valence-electron chi connectivity index (χ4n) is 1.75. The second-order valence-electron chi connectivity index (χ2n) is 4.38. The molecule has 0 aliphatic carbocycles. The highest BCUT2D eigenvalue weighted by atomic mass is 32.2. The molecule has 13 heavy (non-hydrogen) atoms. The molecule has 1 saturated heterocycles. The van der Waals surface area contributed by atoms with Crippen molar-refractivity contribution in [3.63, 3.8) is 0 Å². The summed E-state index contributed by atoms with van der Waals surface area (Å²) in [5.74, 6) is 0.674. The van der Waals surface area contributed by atoms with Crippen LogP contribution < -0.4 is 0 Å². The van der Waals surface area contributed by atoms with Crippen molar-refractivity contribution >= 4 is 17.1 Å². The van der Waals surface area contributed by atoms with E-state index in [4.69, 9.17) is 0 Å². The number of hydrogen-bond donors (Lipinski definition) is 0. The van der Waals surface area contributed by atoms with Gasteiger partial charge in [-0.1, -0.05) is 6.92 Å². The van der Waals surface area contributed by atoms with E-state index < -0.39 is 0 Å². The summed E-state index contributed by atoms with van der Waals surface area (Å²) in [5.41, 5.74) is 0.161. The average molecular weight is 201 g/mol. The van der Waals surface area contributed by atoms with Crippen molar-refractivity contribution in [3.05, 3.63) is 0 Å². The van der Waals surface area contributed by atoms with Crippen LogP contribution in [0.4, 0.5) is 0 Å². The molecule has 1 aliphatic heterocycles. The van der Waals surface area contributed by atoms with Gasteiger partial charge < -0.3 is 0 Å². The predicted octanol–water partition coefficient (Wildman–Crippen LogP) is 2.69. The Morgan fingerprint density at radius 3 is 2.69 bits per heavy atom. The quantitative estimate of drug-likeness (QED) is 0.608. The molecule has 0 aromatic carbocycles. The van der Waals surface area contributed by atoms with Gasteiger partial charge in [-0.2, -0.15) is 0 Å². The highest BCUT2D eigenvalue weighted by Gasteiger charge is 2.36. The molecule has 2 nitrogen and oxygen atoms in total. The maximum atomic E-state index is 11.0. The third-order valence-corrected chi connectivity index (χ3v) is 4.22. The molecule has 1 heterocycles. The lowest BCUT2D eigenvalue weighted by molar-refractivity contribution is -0.109. The van der Waals surface area contributed by atoms with Crippen molar-refractivity contribution < 1.29 is 4.79 Å². The van der Waals surface area contributed by atoms with Gasteiger partial charge in [0.2, 0.25) is 5.12 Å². The number of carbonyl (C=O) groups is 1. The fourth-order valence-corrected chi connectivity index (χ4v) is 2.69. The molecular formula is C10H19NOS. The third kappa shape index (κ3) is 2.47. The van der Waals surface area contributed by atoms with Crippen molar-refractivity contribution in [2.24, 2.45) is 5.92 Å². The van der Waals surface area contributed by atoms with E-state index in [9.17, 15) is 4.79 Å². The Hall–Kier alpha value is -0.0200. The summed E-state index contributed by atoms with van der Waals surface area (Å²) >= 11 is 1.38.